The van der Waals surface area contributed by atoms with Crippen LogP contribution in [0.25, 0.3) is 0 Å². The zero-order valence-electron chi connectivity index (χ0n) is 17.5. The summed E-state index contributed by atoms with van der Waals surface area (Å²) in [4.78, 5) is 20.7. The number of carboxylic acids is 2. The van der Waals surface area contributed by atoms with Gasteiger partial charge in [0.25, 0.3) is 0 Å². The van der Waals surface area contributed by atoms with Crippen molar-refractivity contribution in [2.45, 2.75) is 19.4 Å². The molecule has 2 aromatic rings. The van der Waals surface area contributed by atoms with E-state index in [9.17, 15) is 0 Å². The van der Waals surface area contributed by atoms with Gasteiger partial charge in [0.05, 0.1) is 6.61 Å². The van der Waals surface area contributed by atoms with Gasteiger partial charge in [0.15, 0.2) is 0 Å². The van der Waals surface area contributed by atoms with Crippen LogP contribution in [0.15, 0.2) is 54.6 Å². The summed E-state index contributed by atoms with van der Waals surface area (Å²) >= 11 is 0. The minimum atomic E-state index is -1.82. The Labute approximate surface area is 182 Å². The van der Waals surface area contributed by atoms with Gasteiger partial charge in [0.2, 0.25) is 0 Å². The monoisotopic (exact) mass is 430 g/mol. The van der Waals surface area contributed by atoms with Crippen LogP contribution in [0.3, 0.4) is 0 Å². The summed E-state index contributed by atoms with van der Waals surface area (Å²) in [5.74, 6) is -1.87. The number of hydrogen-bond donors (Lipinski definition) is 3. The number of ether oxygens (including phenoxy) is 2. The number of aliphatic carboxylic acids is 2. The van der Waals surface area contributed by atoms with Crippen LogP contribution in [0.1, 0.15) is 18.4 Å². The van der Waals surface area contributed by atoms with Gasteiger partial charge in [0, 0.05) is 26.2 Å². The largest absolute Gasteiger partial charge is 0.494 e. The van der Waals surface area contributed by atoms with Crippen LogP contribution in [0, 0.1) is 0 Å². The number of piperazine rings is 1. The first-order chi connectivity index (χ1) is 15.0. The fourth-order valence-electron chi connectivity index (χ4n) is 2.94. The second-order valence-corrected chi connectivity index (χ2v) is 7.00. The Balaban J connectivity index is 0.000000501. The van der Waals surface area contributed by atoms with Gasteiger partial charge in [-0.15, -0.1) is 0 Å². The molecular formula is C23H30N2O6. The average Bonchev–Trinajstić information content (AvgIpc) is 2.80. The minimum absolute atomic E-state index is 0.590. The molecule has 0 spiro atoms. The van der Waals surface area contributed by atoms with Crippen molar-refractivity contribution in [1.29, 1.82) is 0 Å². The molecule has 0 aliphatic carbocycles. The van der Waals surface area contributed by atoms with Crippen LogP contribution >= 0.6 is 0 Å². The van der Waals surface area contributed by atoms with E-state index in [1.165, 1.54) is 31.6 Å². The third-order valence-electron chi connectivity index (χ3n) is 4.60. The third-order valence-corrected chi connectivity index (χ3v) is 4.60. The maximum atomic E-state index is 9.10. The van der Waals surface area contributed by atoms with Crippen molar-refractivity contribution in [1.82, 2.24) is 10.2 Å². The molecule has 3 rings (SSSR count). The van der Waals surface area contributed by atoms with E-state index in [2.05, 4.69) is 22.3 Å². The summed E-state index contributed by atoms with van der Waals surface area (Å²) in [6, 6.07) is 18.1. The molecule has 0 bridgehead atoms. The van der Waals surface area contributed by atoms with Crippen LogP contribution in [0.2, 0.25) is 0 Å². The van der Waals surface area contributed by atoms with Crippen LogP contribution in [-0.4, -0.2) is 66.4 Å². The maximum absolute atomic E-state index is 9.10. The Kier molecular flexibility index (Phi) is 10.9. The molecule has 1 fully saturated rings. The zero-order chi connectivity index (χ0) is 22.3. The molecule has 2 aromatic carbocycles. The first kappa shape index (κ1) is 24.2. The summed E-state index contributed by atoms with van der Waals surface area (Å²) in [5.41, 5.74) is 1.17. The number of unbranched alkanes of at least 4 members (excludes halogenated alkanes) is 1. The Morgan fingerprint density at radius 3 is 2.00 bits per heavy atom. The predicted molar refractivity (Wildman–Crippen MR) is 117 cm³/mol. The highest BCUT2D eigenvalue weighted by Gasteiger charge is 2.08. The fourth-order valence-corrected chi connectivity index (χ4v) is 2.94. The van der Waals surface area contributed by atoms with E-state index >= 15 is 0 Å². The number of benzene rings is 2. The lowest BCUT2D eigenvalue weighted by atomic mass is 10.2. The van der Waals surface area contributed by atoms with Crippen molar-refractivity contribution in [2.75, 3.05) is 39.3 Å². The Bertz CT molecular complexity index is 764. The number of hydrogen-bond acceptors (Lipinski definition) is 6. The van der Waals surface area contributed by atoms with Gasteiger partial charge < -0.3 is 29.9 Å². The molecule has 168 valence electrons. The standard InChI is InChI=1S/C21H28N2O2.C2H2O4/c1-2-6-19(7-3-1)18-25-21-10-8-20(9-11-21)24-17-5-4-14-23-15-12-22-13-16-23;3-1(4)2(5)6/h1-3,6-11,22H,4-5,12-18H2;(H,3,4)(H,5,6). The molecule has 0 unspecified atom stereocenters. The lowest BCUT2D eigenvalue weighted by Gasteiger charge is -2.26. The molecular weight excluding hydrogens is 400 g/mol. The smallest absolute Gasteiger partial charge is 0.414 e. The minimum Gasteiger partial charge on any atom is -0.494 e. The molecule has 31 heavy (non-hydrogen) atoms. The van der Waals surface area contributed by atoms with E-state index in [0.29, 0.717) is 6.61 Å². The molecule has 1 aliphatic heterocycles. The second kappa shape index (κ2) is 14.0. The van der Waals surface area contributed by atoms with Crippen LogP contribution in [0.5, 0.6) is 11.5 Å². The van der Waals surface area contributed by atoms with E-state index in [-0.39, 0.29) is 0 Å². The van der Waals surface area contributed by atoms with Crippen molar-refractivity contribution in [3.8, 4) is 11.5 Å². The topological polar surface area (TPSA) is 108 Å². The van der Waals surface area contributed by atoms with Gasteiger partial charge in [0.1, 0.15) is 18.1 Å². The van der Waals surface area contributed by atoms with E-state index in [0.717, 1.165) is 37.6 Å². The SMILES string of the molecule is O=C(O)C(=O)O.c1ccc(COc2ccc(OCCCCN3CCNCC3)cc2)cc1. The molecule has 0 atom stereocenters. The molecule has 0 aromatic heterocycles. The normalized spacial score (nSPS) is 13.5. The third kappa shape index (κ3) is 10.5. The summed E-state index contributed by atoms with van der Waals surface area (Å²) in [6.45, 7) is 7.13. The van der Waals surface area contributed by atoms with Crippen molar-refractivity contribution in [3.05, 3.63) is 60.2 Å². The molecule has 0 radical (unpaired) electrons. The number of carbonyl (C=O) groups is 2. The van der Waals surface area contributed by atoms with E-state index in [1.807, 2.05) is 42.5 Å². The molecule has 8 nitrogen and oxygen atoms in total. The Morgan fingerprint density at radius 1 is 0.839 bits per heavy atom. The maximum Gasteiger partial charge on any atom is 0.414 e. The number of nitrogens with zero attached hydrogens (tertiary/aromatic N) is 1. The van der Waals surface area contributed by atoms with Crippen molar-refractivity contribution in [3.63, 3.8) is 0 Å². The molecule has 3 N–H and O–H groups in total. The summed E-state index contributed by atoms with van der Waals surface area (Å²) in [5, 5.41) is 18.2. The summed E-state index contributed by atoms with van der Waals surface area (Å²) in [7, 11) is 0. The summed E-state index contributed by atoms with van der Waals surface area (Å²) < 4.78 is 11.6. The Morgan fingerprint density at radius 2 is 1.42 bits per heavy atom. The van der Waals surface area contributed by atoms with Gasteiger partial charge in [-0.2, -0.15) is 0 Å². The molecule has 1 heterocycles. The highest BCUT2D eigenvalue weighted by atomic mass is 16.5. The van der Waals surface area contributed by atoms with Crippen molar-refractivity contribution < 1.29 is 29.3 Å². The number of rotatable bonds is 9. The van der Waals surface area contributed by atoms with Crippen LogP contribution < -0.4 is 14.8 Å². The van der Waals surface area contributed by atoms with E-state index in [4.69, 9.17) is 29.3 Å². The second-order valence-electron chi connectivity index (χ2n) is 7.00. The molecule has 8 heteroatoms. The first-order valence-corrected chi connectivity index (χ1v) is 10.3. The summed E-state index contributed by atoms with van der Waals surface area (Å²) in [6.07, 6.45) is 2.29. The van der Waals surface area contributed by atoms with Crippen molar-refractivity contribution >= 4 is 11.9 Å². The molecule has 0 amide bonds. The van der Waals surface area contributed by atoms with Crippen molar-refractivity contribution in [2.24, 2.45) is 0 Å². The number of carboxylic acid groups (broad SMARTS) is 2. The highest BCUT2D eigenvalue weighted by molar-refractivity contribution is 6.27. The Hall–Kier alpha value is -3.10. The van der Waals surface area contributed by atoms with Gasteiger partial charge in [-0.05, 0) is 49.2 Å². The average molecular weight is 431 g/mol. The van der Waals surface area contributed by atoms with Gasteiger partial charge in [-0.25, -0.2) is 9.59 Å². The van der Waals surface area contributed by atoms with E-state index in [1.54, 1.807) is 0 Å². The van der Waals surface area contributed by atoms with E-state index < -0.39 is 11.9 Å². The molecule has 1 aliphatic rings. The van der Waals surface area contributed by atoms with Gasteiger partial charge >= 0.3 is 11.9 Å². The molecule has 1 saturated heterocycles. The van der Waals surface area contributed by atoms with Crippen LogP contribution in [0.4, 0.5) is 0 Å². The predicted octanol–water partition coefficient (Wildman–Crippen LogP) is 2.49. The van der Waals surface area contributed by atoms with Crippen LogP contribution in [-0.2, 0) is 16.2 Å². The fraction of sp³-hybridized carbons (Fsp3) is 0.391. The lowest BCUT2D eigenvalue weighted by molar-refractivity contribution is -0.159. The highest BCUT2D eigenvalue weighted by Crippen LogP contribution is 2.19. The molecule has 0 saturated carbocycles. The quantitative estimate of drug-likeness (QED) is 0.411. The van der Waals surface area contributed by atoms with Gasteiger partial charge in [-0.3, -0.25) is 0 Å². The zero-order valence-corrected chi connectivity index (χ0v) is 17.5. The number of nitrogens with one attached hydrogen (secondary N) is 1. The lowest BCUT2D eigenvalue weighted by Crippen LogP contribution is -2.43. The first-order valence-electron chi connectivity index (χ1n) is 10.3. The van der Waals surface area contributed by atoms with Gasteiger partial charge in [-0.1, -0.05) is 30.3 Å².